The fourth-order valence-corrected chi connectivity index (χ4v) is 4.36. The molecule has 1 fully saturated rings. The summed E-state index contributed by atoms with van der Waals surface area (Å²) < 4.78 is 28.3. The molecule has 0 aromatic heterocycles. The Bertz CT molecular complexity index is 401. The van der Waals surface area contributed by atoms with E-state index in [0.29, 0.717) is 19.5 Å². The number of carboxylic acid groups (broad SMARTS) is 1. The molecule has 1 saturated heterocycles. The molecule has 0 amide bonds. The highest BCUT2D eigenvalue weighted by Gasteiger charge is 2.31. The lowest BCUT2D eigenvalue weighted by atomic mass is 10.2. The number of carbonyl (C=O) groups is 1. The number of hydrogen-bond donors (Lipinski definition) is 1. The van der Waals surface area contributed by atoms with Gasteiger partial charge in [0, 0.05) is 32.1 Å². The van der Waals surface area contributed by atoms with Crippen LogP contribution in [0.25, 0.3) is 0 Å². The van der Waals surface area contributed by atoms with Gasteiger partial charge in [0.2, 0.25) is 0 Å². The third kappa shape index (κ3) is 5.03. The van der Waals surface area contributed by atoms with Crippen LogP contribution in [0.3, 0.4) is 0 Å². The molecule has 0 bridgehead atoms. The second-order valence-electron chi connectivity index (χ2n) is 5.52. The van der Waals surface area contributed by atoms with Crippen LogP contribution < -0.4 is 0 Å². The summed E-state index contributed by atoms with van der Waals surface area (Å²) in [5.74, 6) is -0.888. The van der Waals surface area contributed by atoms with Gasteiger partial charge in [0.15, 0.2) is 0 Å². The smallest absolute Gasteiger partial charge is 0.303 e. The summed E-state index contributed by atoms with van der Waals surface area (Å²) in [6.07, 6.45) is 4.30. The molecule has 1 aliphatic rings. The van der Waals surface area contributed by atoms with Crippen molar-refractivity contribution in [2.75, 3.05) is 19.6 Å². The normalized spacial score (nSPS) is 18.4. The van der Waals surface area contributed by atoms with E-state index in [4.69, 9.17) is 5.11 Å². The highest BCUT2D eigenvalue weighted by molar-refractivity contribution is 7.86. The summed E-state index contributed by atoms with van der Waals surface area (Å²) in [6.45, 7) is 5.07. The molecule has 0 atom stereocenters. The van der Waals surface area contributed by atoms with Crippen molar-refractivity contribution in [2.24, 2.45) is 0 Å². The molecule has 1 heterocycles. The lowest BCUT2D eigenvalue weighted by molar-refractivity contribution is -0.137. The predicted molar refractivity (Wildman–Crippen MR) is 77.7 cm³/mol. The average Bonchev–Trinajstić information content (AvgIpc) is 2.62. The van der Waals surface area contributed by atoms with Gasteiger partial charge in [-0.1, -0.05) is 12.8 Å². The second-order valence-corrected chi connectivity index (χ2v) is 7.40. The third-order valence-corrected chi connectivity index (χ3v) is 5.75. The first-order valence-electron chi connectivity index (χ1n) is 7.34. The minimum Gasteiger partial charge on any atom is -0.481 e. The van der Waals surface area contributed by atoms with E-state index in [0.717, 1.165) is 25.7 Å². The fraction of sp³-hybridized carbons (Fsp3) is 0.923. The molecule has 0 aromatic carbocycles. The SMILES string of the molecule is CC(C)N(CCCC(=O)O)S(=O)(=O)N1CCCCCC1. The van der Waals surface area contributed by atoms with Crippen molar-refractivity contribution in [2.45, 2.75) is 58.4 Å². The summed E-state index contributed by atoms with van der Waals surface area (Å²) in [5.41, 5.74) is 0. The Morgan fingerprint density at radius 3 is 2.20 bits per heavy atom. The van der Waals surface area contributed by atoms with Gasteiger partial charge >= 0.3 is 5.97 Å². The third-order valence-electron chi connectivity index (χ3n) is 3.53. The molecule has 0 aromatic rings. The van der Waals surface area contributed by atoms with Crippen molar-refractivity contribution in [3.63, 3.8) is 0 Å². The molecule has 0 radical (unpaired) electrons. The van der Waals surface area contributed by atoms with Gasteiger partial charge in [0.25, 0.3) is 10.2 Å². The van der Waals surface area contributed by atoms with Crippen LogP contribution in [0, 0.1) is 0 Å². The Morgan fingerprint density at radius 2 is 1.75 bits per heavy atom. The number of carboxylic acids is 1. The van der Waals surface area contributed by atoms with E-state index in [1.807, 2.05) is 13.8 Å². The molecule has 1 N–H and O–H groups in total. The van der Waals surface area contributed by atoms with Crippen molar-refractivity contribution in [1.29, 1.82) is 0 Å². The standard InChI is InChI=1S/C13H26N2O4S/c1-12(2)15(11-7-8-13(16)17)20(18,19)14-9-5-3-4-6-10-14/h12H,3-11H2,1-2H3,(H,16,17). The second kappa shape index (κ2) is 7.95. The van der Waals surface area contributed by atoms with E-state index in [2.05, 4.69) is 0 Å². The van der Waals surface area contributed by atoms with E-state index in [-0.39, 0.29) is 19.0 Å². The molecular formula is C13H26N2O4S. The van der Waals surface area contributed by atoms with Gasteiger partial charge in [-0.05, 0) is 33.1 Å². The molecule has 20 heavy (non-hydrogen) atoms. The highest BCUT2D eigenvalue weighted by atomic mass is 32.2. The zero-order valence-electron chi connectivity index (χ0n) is 12.4. The van der Waals surface area contributed by atoms with Crippen molar-refractivity contribution in [3.8, 4) is 0 Å². The van der Waals surface area contributed by atoms with Crippen LogP contribution in [0.1, 0.15) is 52.4 Å². The fourth-order valence-electron chi connectivity index (χ4n) is 2.45. The van der Waals surface area contributed by atoms with E-state index < -0.39 is 16.2 Å². The van der Waals surface area contributed by atoms with Gasteiger partial charge in [-0.15, -0.1) is 0 Å². The topological polar surface area (TPSA) is 77.9 Å². The summed E-state index contributed by atoms with van der Waals surface area (Å²) in [4.78, 5) is 10.6. The molecule has 0 saturated carbocycles. The van der Waals surface area contributed by atoms with Gasteiger partial charge in [-0.25, -0.2) is 0 Å². The molecule has 1 rings (SSSR count). The van der Waals surface area contributed by atoms with E-state index in [9.17, 15) is 13.2 Å². The van der Waals surface area contributed by atoms with Crippen LogP contribution in [-0.2, 0) is 15.0 Å². The maximum absolute atomic E-state index is 12.7. The van der Waals surface area contributed by atoms with Crippen molar-refractivity contribution >= 4 is 16.2 Å². The van der Waals surface area contributed by atoms with Crippen LogP contribution in [0.2, 0.25) is 0 Å². The van der Waals surface area contributed by atoms with Gasteiger partial charge < -0.3 is 5.11 Å². The first-order valence-corrected chi connectivity index (χ1v) is 8.74. The maximum Gasteiger partial charge on any atom is 0.303 e. The average molecular weight is 306 g/mol. The van der Waals surface area contributed by atoms with Gasteiger partial charge in [0.05, 0.1) is 0 Å². The lowest BCUT2D eigenvalue weighted by Crippen LogP contribution is -2.47. The molecule has 1 aliphatic heterocycles. The molecular weight excluding hydrogens is 280 g/mol. The molecule has 0 spiro atoms. The Hall–Kier alpha value is -0.660. The number of hydrogen-bond acceptors (Lipinski definition) is 3. The largest absolute Gasteiger partial charge is 0.481 e. The minimum absolute atomic E-state index is 0.00125. The quantitative estimate of drug-likeness (QED) is 0.776. The molecule has 7 heteroatoms. The highest BCUT2D eigenvalue weighted by Crippen LogP contribution is 2.18. The Balaban J connectivity index is 2.74. The zero-order chi connectivity index (χ0) is 15.2. The summed E-state index contributed by atoms with van der Waals surface area (Å²) in [6, 6.07) is -0.156. The van der Waals surface area contributed by atoms with Gasteiger partial charge in [-0.2, -0.15) is 17.0 Å². The molecule has 118 valence electrons. The molecule has 0 unspecified atom stereocenters. The lowest BCUT2D eigenvalue weighted by Gasteiger charge is -2.31. The predicted octanol–water partition coefficient (Wildman–Crippen LogP) is 1.68. The first kappa shape index (κ1) is 17.4. The van der Waals surface area contributed by atoms with Crippen LogP contribution in [0.5, 0.6) is 0 Å². The van der Waals surface area contributed by atoms with Crippen molar-refractivity contribution < 1.29 is 18.3 Å². The van der Waals surface area contributed by atoms with Crippen LogP contribution >= 0.6 is 0 Å². The first-order chi connectivity index (χ1) is 9.35. The Morgan fingerprint density at radius 1 is 1.20 bits per heavy atom. The van der Waals surface area contributed by atoms with E-state index in [1.165, 1.54) is 4.31 Å². The minimum atomic E-state index is -3.47. The van der Waals surface area contributed by atoms with E-state index >= 15 is 0 Å². The van der Waals surface area contributed by atoms with Crippen LogP contribution in [0.4, 0.5) is 0 Å². The van der Waals surface area contributed by atoms with Gasteiger partial charge in [-0.3, -0.25) is 4.79 Å². The van der Waals surface area contributed by atoms with E-state index in [1.54, 1.807) is 4.31 Å². The molecule has 6 nitrogen and oxygen atoms in total. The maximum atomic E-state index is 12.7. The summed E-state index contributed by atoms with van der Waals surface area (Å²) in [7, 11) is -3.47. The van der Waals surface area contributed by atoms with Crippen molar-refractivity contribution in [3.05, 3.63) is 0 Å². The Labute approximate surface area is 121 Å². The number of nitrogens with zero attached hydrogens (tertiary/aromatic N) is 2. The summed E-state index contributed by atoms with van der Waals surface area (Å²) >= 11 is 0. The number of aliphatic carboxylic acids is 1. The molecule has 0 aliphatic carbocycles. The van der Waals surface area contributed by atoms with Crippen LogP contribution in [0.15, 0.2) is 0 Å². The van der Waals surface area contributed by atoms with Crippen LogP contribution in [-0.4, -0.2) is 53.8 Å². The number of rotatable bonds is 7. The van der Waals surface area contributed by atoms with Crippen molar-refractivity contribution in [1.82, 2.24) is 8.61 Å². The monoisotopic (exact) mass is 306 g/mol. The Kier molecular flexibility index (Phi) is 6.91. The summed E-state index contributed by atoms with van der Waals surface area (Å²) in [5, 5.41) is 8.68. The van der Waals surface area contributed by atoms with Gasteiger partial charge in [0.1, 0.15) is 0 Å². The zero-order valence-corrected chi connectivity index (χ0v) is 13.2.